The lowest BCUT2D eigenvalue weighted by molar-refractivity contribution is -0.870. The number of carbonyl (C=O) groups excluding carboxylic acids is 1. The highest BCUT2D eigenvalue weighted by atomic mass is 31.2. The van der Waals surface area contributed by atoms with Gasteiger partial charge in [0, 0.05) is 6.42 Å². The summed E-state index contributed by atoms with van der Waals surface area (Å²) in [6, 6.07) is -0.871. The molecular formula is C76H148N2O6P+. The molecule has 0 aromatic heterocycles. The average Bonchev–Trinajstić information content (AvgIpc) is 3.49. The second kappa shape index (κ2) is 66.9. The highest BCUT2D eigenvalue weighted by Crippen LogP contribution is 2.43. The molecule has 0 radical (unpaired) electrons. The summed E-state index contributed by atoms with van der Waals surface area (Å²) >= 11 is 0. The third kappa shape index (κ3) is 69.8. The normalized spacial score (nSPS) is 13.8. The van der Waals surface area contributed by atoms with Gasteiger partial charge in [-0.05, 0) is 70.6 Å². The first-order valence-corrected chi connectivity index (χ1v) is 39.0. The number of phosphoric acid groups is 1. The first-order valence-electron chi connectivity index (χ1n) is 37.5. The van der Waals surface area contributed by atoms with Crippen molar-refractivity contribution in [1.82, 2.24) is 5.32 Å². The number of rotatable bonds is 70. The average molecular weight is 1220 g/mol. The Kier molecular flexibility index (Phi) is 65.7. The summed E-state index contributed by atoms with van der Waals surface area (Å²) in [4.78, 5) is 23.4. The van der Waals surface area contributed by atoms with E-state index in [2.05, 4.69) is 55.6 Å². The van der Waals surface area contributed by atoms with Crippen LogP contribution in [0.3, 0.4) is 0 Å². The minimum atomic E-state index is -4.37. The minimum absolute atomic E-state index is 0.0547. The predicted molar refractivity (Wildman–Crippen MR) is 374 cm³/mol. The van der Waals surface area contributed by atoms with Crippen LogP contribution in [0.1, 0.15) is 380 Å². The lowest BCUT2D eigenvalue weighted by Crippen LogP contribution is -2.45. The van der Waals surface area contributed by atoms with E-state index in [-0.39, 0.29) is 19.1 Å². The van der Waals surface area contributed by atoms with Crippen LogP contribution in [0.2, 0.25) is 0 Å². The molecule has 85 heavy (non-hydrogen) atoms. The number of amides is 1. The summed E-state index contributed by atoms with van der Waals surface area (Å²) in [5, 5.41) is 14.0. The molecule has 0 aliphatic heterocycles. The first-order chi connectivity index (χ1) is 41.5. The minimum Gasteiger partial charge on any atom is -0.387 e. The second-order valence-corrected chi connectivity index (χ2v) is 28.5. The van der Waals surface area contributed by atoms with Gasteiger partial charge in [0.1, 0.15) is 13.2 Å². The Labute approximate surface area is 530 Å². The molecule has 0 aliphatic carbocycles. The fraction of sp³-hybridized carbons (Fsp3) is 0.882. The van der Waals surface area contributed by atoms with E-state index in [1.165, 1.54) is 315 Å². The zero-order valence-corrected chi connectivity index (χ0v) is 58.5. The fourth-order valence-electron chi connectivity index (χ4n) is 11.4. The first kappa shape index (κ1) is 83.5. The molecule has 1 amide bonds. The number of unbranched alkanes of at least 4 members (excludes halogenated alkanes) is 51. The number of quaternary nitrogens is 1. The van der Waals surface area contributed by atoms with E-state index in [1.54, 1.807) is 6.08 Å². The molecule has 0 saturated heterocycles. The number of hydrogen-bond acceptors (Lipinski definition) is 5. The standard InChI is InChI=1S/C76H147N2O6P/c1-6-8-10-12-14-16-18-20-22-24-26-28-30-32-34-35-36-37-38-39-40-41-42-43-44-46-48-50-52-54-56-58-60-62-64-66-68-70-76(80)77-74(73-84-85(81,82)83-72-71-78(3,4)5)75(79)69-67-65-63-61-59-57-55-53-51-49-47-45-33-31-29-27-25-23-21-19-17-15-13-11-9-7-2/h24,26,51,53,59,61,67,69,74-75,79H,6-23,25,27-50,52,54-58,60,62-66,68,70-73H2,1-5H3,(H-,77,80,81,82)/p+1/b26-24-,53-51+,61-59+,69-67+. The van der Waals surface area contributed by atoms with Gasteiger partial charge in [-0.1, -0.05) is 351 Å². The maximum Gasteiger partial charge on any atom is 0.472 e. The van der Waals surface area contributed by atoms with Gasteiger partial charge in [0.15, 0.2) is 0 Å². The van der Waals surface area contributed by atoms with Crippen molar-refractivity contribution in [3.63, 3.8) is 0 Å². The Bertz CT molecular complexity index is 1530. The zero-order valence-electron chi connectivity index (χ0n) is 57.6. The summed E-state index contributed by atoms with van der Waals surface area (Å²) in [7, 11) is 1.56. The van der Waals surface area contributed by atoms with Gasteiger partial charge in [0.05, 0.1) is 39.9 Å². The third-order valence-corrected chi connectivity index (χ3v) is 18.2. The van der Waals surface area contributed by atoms with Crippen molar-refractivity contribution in [2.45, 2.75) is 392 Å². The topological polar surface area (TPSA) is 105 Å². The molecule has 3 atom stereocenters. The van der Waals surface area contributed by atoms with Crippen molar-refractivity contribution in [3.05, 3.63) is 48.6 Å². The molecule has 8 nitrogen and oxygen atoms in total. The van der Waals surface area contributed by atoms with Crippen LogP contribution in [0.15, 0.2) is 48.6 Å². The number of nitrogens with one attached hydrogen (secondary N) is 1. The molecule has 3 unspecified atom stereocenters. The number of phosphoric ester groups is 1. The Morgan fingerprint density at radius 3 is 0.941 bits per heavy atom. The largest absolute Gasteiger partial charge is 0.472 e. The Hall–Kier alpha value is -1.54. The molecule has 0 rings (SSSR count). The lowest BCUT2D eigenvalue weighted by atomic mass is 10.0. The van der Waals surface area contributed by atoms with Crippen molar-refractivity contribution in [3.8, 4) is 0 Å². The predicted octanol–water partition coefficient (Wildman–Crippen LogP) is 24.2. The van der Waals surface area contributed by atoms with E-state index in [0.717, 1.165) is 44.9 Å². The second-order valence-electron chi connectivity index (χ2n) is 27.0. The van der Waals surface area contributed by atoms with Gasteiger partial charge in [-0.25, -0.2) is 4.57 Å². The molecular weight excluding hydrogens is 1070 g/mol. The lowest BCUT2D eigenvalue weighted by Gasteiger charge is -2.25. The number of aliphatic hydroxyl groups excluding tert-OH is 1. The maximum absolute atomic E-state index is 13.1. The SMILES string of the molecule is CCCCCCCCCC/C=C\CCCCCCCCCCCCCCCCCCCCCCCCCCCC(=O)NC(COP(=O)(O)OCC[N+](C)(C)C)C(O)/C=C/CC/C=C/CC/C=C/CCCCCCCCCCCCCCCCCC. The molecule has 0 fully saturated rings. The van der Waals surface area contributed by atoms with Gasteiger partial charge in [0.2, 0.25) is 5.91 Å². The van der Waals surface area contributed by atoms with E-state index >= 15 is 0 Å². The van der Waals surface area contributed by atoms with Gasteiger partial charge in [-0.2, -0.15) is 0 Å². The summed E-state index contributed by atoms with van der Waals surface area (Å²) in [5.74, 6) is -0.183. The molecule has 502 valence electrons. The molecule has 0 spiro atoms. The number of hydrogen-bond donors (Lipinski definition) is 3. The summed E-state index contributed by atoms with van der Waals surface area (Å²) in [6.07, 6.45) is 91.5. The molecule has 0 aromatic carbocycles. The Morgan fingerprint density at radius 2 is 0.647 bits per heavy atom. The summed E-state index contributed by atoms with van der Waals surface area (Å²) in [6.45, 7) is 4.84. The van der Waals surface area contributed by atoms with E-state index < -0.39 is 20.0 Å². The number of nitrogens with zero attached hydrogens (tertiary/aromatic N) is 1. The maximum atomic E-state index is 13.1. The van der Waals surface area contributed by atoms with Crippen molar-refractivity contribution in [1.29, 1.82) is 0 Å². The molecule has 0 aliphatic rings. The van der Waals surface area contributed by atoms with Gasteiger partial charge in [0.25, 0.3) is 0 Å². The van der Waals surface area contributed by atoms with E-state index in [9.17, 15) is 19.4 Å². The van der Waals surface area contributed by atoms with Crippen LogP contribution in [0.4, 0.5) is 0 Å². The van der Waals surface area contributed by atoms with Crippen molar-refractivity contribution >= 4 is 13.7 Å². The van der Waals surface area contributed by atoms with Crippen LogP contribution in [-0.4, -0.2) is 73.4 Å². The molecule has 9 heteroatoms. The number of aliphatic hydroxyl groups is 1. The van der Waals surface area contributed by atoms with Crippen molar-refractivity contribution in [2.75, 3.05) is 40.9 Å². The van der Waals surface area contributed by atoms with Gasteiger partial charge in [-0.3, -0.25) is 13.8 Å². The highest BCUT2D eigenvalue weighted by molar-refractivity contribution is 7.47. The highest BCUT2D eigenvalue weighted by Gasteiger charge is 2.28. The van der Waals surface area contributed by atoms with Crippen LogP contribution in [0, 0.1) is 0 Å². The quantitative estimate of drug-likeness (QED) is 0.0243. The van der Waals surface area contributed by atoms with Crippen molar-refractivity contribution in [2.24, 2.45) is 0 Å². The molecule has 0 heterocycles. The van der Waals surface area contributed by atoms with Crippen LogP contribution in [0.5, 0.6) is 0 Å². The molecule has 0 saturated carbocycles. The van der Waals surface area contributed by atoms with Crippen molar-refractivity contribution < 1.29 is 32.9 Å². The van der Waals surface area contributed by atoms with Gasteiger partial charge < -0.3 is 19.8 Å². The summed E-state index contributed by atoms with van der Waals surface area (Å²) < 4.78 is 23.8. The fourth-order valence-corrected chi connectivity index (χ4v) is 12.2. The Morgan fingerprint density at radius 1 is 0.388 bits per heavy atom. The van der Waals surface area contributed by atoms with E-state index in [1.807, 2.05) is 27.2 Å². The smallest absolute Gasteiger partial charge is 0.387 e. The monoisotopic (exact) mass is 1220 g/mol. The molecule has 0 bridgehead atoms. The van der Waals surface area contributed by atoms with Crippen LogP contribution < -0.4 is 5.32 Å². The van der Waals surface area contributed by atoms with E-state index in [0.29, 0.717) is 17.4 Å². The third-order valence-electron chi connectivity index (χ3n) is 17.2. The van der Waals surface area contributed by atoms with Crippen LogP contribution in [-0.2, 0) is 18.4 Å². The number of likely N-dealkylation sites (N-methyl/N-ethyl adjacent to an activating group) is 1. The summed E-state index contributed by atoms with van der Waals surface area (Å²) in [5.41, 5.74) is 0. The molecule has 3 N–H and O–H groups in total. The number of carbonyl (C=O) groups is 1. The van der Waals surface area contributed by atoms with E-state index in [4.69, 9.17) is 9.05 Å². The zero-order chi connectivity index (χ0) is 61.9. The Balaban J connectivity index is 4.01. The number of allylic oxidation sites excluding steroid dienone is 7. The van der Waals surface area contributed by atoms with Gasteiger partial charge in [-0.15, -0.1) is 0 Å². The van der Waals surface area contributed by atoms with Crippen LogP contribution in [0.25, 0.3) is 0 Å². The van der Waals surface area contributed by atoms with Crippen LogP contribution >= 0.6 is 7.82 Å². The molecule has 0 aromatic rings. The van der Waals surface area contributed by atoms with Gasteiger partial charge >= 0.3 is 7.82 Å².